The largest absolute Gasteiger partial charge is 0.452 e. The van der Waals surface area contributed by atoms with E-state index >= 15 is 0 Å². The lowest BCUT2D eigenvalue weighted by atomic mass is 10.3. The van der Waals surface area contributed by atoms with Gasteiger partial charge in [0.25, 0.3) is 5.91 Å². The highest BCUT2D eigenvalue weighted by Gasteiger charge is 2.19. The van der Waals surface area contributed by atoms with Crippen molar-refractivity contribution in [3.05, 3.63) is 23.1 Å². The van der Waals surface area contributed by atoms with Crippen LogP contribution in [0.5, 0.6) is 0 Å². The molecule has 1 aliphatic rings. The van der Waals surface area contributed by atoms with E-state index in [1.165, 1.54) is 12.3 Å². The third-order valence-corrected chi connectivity index (χ3v) is 3.22. The Morgan fingerprint density at radius 2 is 2.39 bits per heavy atom. The molecule has 0 bridgehead atoms. The highest BCUT2D eigenvalue weighted by molar-refractivity contribution is 6.32. The average molecular weight is 271 g/mol. The van der Waals surface area contributed by atoms with Gasteiger partial charge < -0.3 is 14.6 Å². The van der Waals surface area contributed by atoms with Crippen molar-refractivity contribution in [2.24, 2.45) is 0 Å². The molecule has 0 atom stereocenters. The van der Waals surface area contributed by atoms with Gasteiger partial charge in [-0.1, -0.05) is 0 Å². The van der Waals surface area contributed by atoms with Crippen molar-refractivity contribution in [3.63, 3.8) is 0 Å². The fourth-order valence-electron chi connectivity index (χ4n) is 1.96. The second-order valence-corrected chi connectivity index (χ2v) is 4.55. The summed E-state index contributed by atoms with van der Waals surface area (Å²) >= 11 is 5.69. The van der Waals surface area contributed by atoms with Crippen LogP contribution in [-0.4, -0.2) is 36.3 Å². The maximum atomic E-state index is 11.7. The van der Waals surface area contributed by atoms with Crippen LogP contribution in [0.3, 0.4) is 0 Å². The molecule has 2 rings (SSSR count). The third kappa shape index (κ3) is 3.04. The lowest BCUT2D eigenvalue weighted by Gasteiger charge is -2.15. The molecule has 0 spiro atoms. The molecule has 0 aromatic carbocycles. The highest BCUT2D eigenvalue weighted by Crippen LogP contribution is 2.16. The monoisotopic (exact) mass is 270 g/mol. The lowest BCUT2D eigenvalue weighted by Crippen LogP contribution is -2.30. The number of halogens is 1. The molecule has 1 aromatic heterocycles. The van der Waals surface area contributed by atoms with Crippen molar-refractivity contribution in [1.29, 1.82) is 0 Å². The number of likely N-dealkylation sites (tertiary alicyclic amines) is 1. The minimum absolute atomic E-state index is 0.0993. The number of carbonyl (C=O) groups is 2. The van der Waals surface area contributed by atoms with Gasteiger partial charge in [-0.2, -0.15) is 0 Å². The van der Waals surface area contributed by atoms with Crippen LogP contribution >= 0.6 is 11.6 Å². The molecule has 1 fully saturated rings. The zero-order chi connectivity index (χ0) is 13.0. The van der Waals surface area contributed by atoms with Crippen LogP contribution in [0, 0.1) is 0 Å². The third-order valence-electron chi connectivity index (χ3n) is 2.92. The molecule has 0 unspecified atom stereocenters. The summed E-state index contributed by atoms with van der Waals surface area (Å²) < 4.78 is 4.84. The van der Waals surface area contributed by atoms with Gasteiger partial charge in [0, 0.05) is 26.1 Å². The van der Waals surface area contributed by atoms with Crippen LogP contribution in [0.15, 0.2) is 16.7 Å². The molecule has 1 aliphatic heterocycles. The van der Waals surface area contributed by atoms with E-state index in [9.17, 15) is 9.59 Å². The molecule has 98 valence electrons. The van der Waals surface area contributed by atoms with Gasteiger partial charge in [-0.25, -0.2) is 0 Å². The van der Waals surface area contributed by atoms with E-state index in [2.05, 4.69) is 5.32 Å². The Morgan fingerprint density at radius 3 is 3.00 bits per heavy atom. The normalized spacial score (nSPS) is 15.2. The van der Waals surface area contributed by atoms with Crippen LogP contribution in [-0.2, 0) is 4.79 Å². The van der Waals surface area contributed by atoms with E-state index in [1.807, 2.05) is 4.90 Å². The molecular formula is C12H15ClN2O3. The first kappa shape index (κ1) is 13.0. The quantitative estimate of drug-likeness (QED) is 0.828. The number of nitrogens with zero attached hydrogens (tertiary/aromatic N) is 1. The topological polar surface area (TPSA) is 62.6 Å². The number of rotatable bonds is 5. The van der Waals surface area contributed by atoms with Crippen LogP contribution < -0.4 is 5.32 Å². The van der Waals surface area contributed by atoms with Gasteiger partial charge in [-0.15, -0.1) is 0 Å². The van der Waals surface area contributed by atoms with Crippen molar-refractivity contribution < 1.29 is 14.0 Å². The van der Waals surface area contributed by atoms with Crippen molar-refractivity contribution >= 4 is 23.4 Å². The molecule has 6 heteroatoms. The van der Waals surface area contributed by atoms with Crippen LogP contribution in [0.25, 0.3) is 0 Å². The Kier molecular flexibility index (Phi) is 4.25. The van der Waals surface area contributed by atoms with Crippen molar-refractivity contribution in [2.75, 3.05) is 19.6 Å². The highest BCUT2D eigenvalue weighted by atomic mass is 35.5. The van der Waals surface area contributed by atoms with E-state index in [0.29, 0.717) is 25.1 Å². The van der Waals surface area contributed by atoms with Crippen LogP contribution in [0.4, 0.5) is 0 Å². The predicted molar refractivity (Wildman–Crippen MR) is 66.5 cm³/mol. The SMILES string of the molecule is O=C(NCCCN1CCCC1=O)c1ccoc1Cl. The molecule has 1 saturated heterocycles. The zero-order valence-electron chi connectivity index (χ0n) is 9.95. The van der Waals surface area contributed by atoms with E-state index in [1.54, 1.807) is 0 Å². The minimum atomic E-state index is -0.249. The maximum absolute atomic E-state index is 11.7. The molecule has 18 heavy (non-hydrogen) atoms. The number of nitrogens with one attached hydrogen (secondary N) is 1. The van der Waals surface area contributed by atoms with Gasteiger partial charge >= 0.3 is 0 Å². The zero-order valence-corrected chi connectivity index (χ0v) is 10.7. The Bertz CT molecular complexity index is 444. The maximum Gasteiger partial charge on any atom is 0.256 e. The summed E-state index contributed by atoms with van der Waals surface area (Å²) in [5.41, 5.74) is 0.342. The molecule has 0 radical (unpaired) electrons. The van der Waals surface area contributed by atoms with E-state index < -0.39 is 0 Å². The summed E-state index contributed by atoms with van der Waals surface area (Å²) in [7, 11) is 0. The molecule has 1 aromatic rings. The average Bonchev–Trinajstić information content (AvgIpc) is 2.94. The molecule has 0 saturated carbocycles. The lowest BCUT2D eigenvalue weighted by molar-refractivity contribution is -0.127. The summed E-state index contributed by atoms with van der Waals surface area (Å²) in [4.78, 5) is 24.8. The second kappa shape index (κ2) is 5.91. The van der Waals surface area contributed by atoms with Gasteiger partial charge in [0.1, 0.15) is 0 Å². The smallest absolute Gasteiger partial charge is 0.256 e. The van der Waals surface area contributed by atoms with E-state index in [0.717, 1.165) is 19.4 Å². The molecule has 0 aliphatic carbocycles. The fraction of sp³-hybridized carbons (Fsp3) is 0.500. The van der Waals surface area contributed by atoms with Crippen LogP contribution in [0.1, 0.15) is 29.6 Å². The van der Waals surface area contributed by atoms with E-state index in [4.69, 9.17) is 16.0 Å². The number of carbonyl (C=O) groups excluding carboxylic acids is 2. The van der Waals surface area contributed by atoms with Crippen molar-refractivity contribution in [3.8, 4) is 0 Å². The summed E-state index contributed by atoms with van der Waals surface area (Å²) in [5.74, 6) is -0.0410. The first-order valence-corrected chi connectivity index (χ1v) is 6.35. The Labute approximate surface area is 110 Å². The summed E-state index contributed by atoms with van der Waals surface area (Å²) in [6.45, 7) is 2.04. The Hall–Kier alpha value is -1.49. The molecular weight excluding hydrogens is 256 g/mol. The Morgan fingerprint density at radius 1 is 1.56 bits per heavy atom. The van der Waals surface area contributed by atoms with Gasteiger partial charge in [-0.05, 0) is 30.5 Å². The van der Waals surface area contributed by atoms with Gasteiger partial charge in [0.05, 0.1) is 11.8 Å². The summed E-state index contributed by atoms with van der Waals surface area (Å²) in [6.07, 6.45) is 3.71. The van der Waals surface area contributed by atoms with Crippen LogP contribution in [0.2, 0.25) is 5.22 Å². The van der Waals surface area contributed by atoms with Gasteiger partial charge in [0.2, 0.25) is 11.1 Å². The first-order chi connectivity index (χ1) is 8.68. The molecule has 2 amide bonds. The standard InChI is InChI=1S/C12H15ClN2O3/c13-11-9(4-8-18-11)12(17)14-5-2-7-15-6-1-3-10(15)16/h4,8H,1-3,5-7H2,(H,14,17). The van der Waals surface area contributed by atoms with Gasteiger partial charge in [-0.3, -0.25) is 9.59 Å². The summed E-state index contributed by atoms with van der Waals surface area (Å²) in [5, 5.41) is 2.84. The molecule has 5 nitrogen and oxygen atoms in total. The number of hydrogen-bond acceptors (Lipinski definition) is 3. The van der Waals surface area contributed by atoms with Gasteiger partial charge in [0.15, 0.2) is 0 Å². The Balaban J connectivity index is 1.68. The van der Waals surface area contributed by atoms with E-state index in [-0.39, 0.29) is 17.0 Å². The van der Waals surface area contributed by atoms with Crippen molar-refractivity contribution in [1.82, 2.24) is 10.2 Å². The molecule has 1 N–H and O–H groups in total. The number of amides is 2. The second-order valence-electron chi connectivity index (χ2n) is 4.20. The molecule has 2 heterocycles. The fourth-order valence-corrected chi connectivity index (χ4v) is 2.16. The van der Waals surface area contributed by atoms with Crippen molar-refractivity contribution in [2.45, 2.75) is 19.3 Å². The predicted octanol–water partition coefficient (Wildman–Crippen LogP) is 1.68. The number of furan rings is 1. The minimum Gasteiger partial charge on any atom is -0.452 e. The number of hydrogen-bond donors (Lipinski definition) is 1. The summed E-state index contributed by atoms with van der Waals surface area (Å²) in [6, 6.07) is 1.53. The first-order valence-electron chi connectivity index (χ1n) is 5.97.